The maximum atomic E-state index is 12.9. The zero-order valence-electron chi connectivity index (χ0n) is 15.9. The fourth-order valence-corrected chi connectivity index (χ4v) is 3.13. The van der Waals surface area contributed by atoms with Crippen molar-refractivity contribution >= 4 is 23.2 Å². The molecule has 0 atom stereocenters. The molecule has 0 N–H and O–H groups in total. The summed E-state index contributed by atoms with van der Waals surface area (Å²) in [5.74, 6) is -0.135. The van der Waals surface area contributed by atoms with Gasteiger partial charge in [0.25, 0.3) is 0 Å². The van der Waals surface area contributed by atoms with Crippen molar-refractivity contribution < 1.29 is 14.3 Å². The van der Waals surface area contributed by atoms with E-state index in [0.29, 0.717) is 22.5 Å². The number of hydrogen-bond acceptors (Lipinski definition) is 5. The normalized spacial score (nSPS) is 10.7. The van der Waals surface area contributed by atoms with Gasteiger partial charge in [0, 0.05) is 30.1 Å². The van der Waals surface area contributed by atoms with E-state index in [1.807, 2.05) is 48.5 Å². The van der Waals surface area contributed by atoms with Crippen LogP contribution in [-0.2, 0) is 4.74 Å². The number of methoxy groups -OCH3 is 1. The average molecular weight is 386 g/mol. The van der Waals surface area contributed by atoms with Crippen LogP contribution >= 0.6 is 0 Å². The van der Waals surface area contributed by atoms with Gasteiger partial charge in [-0.3, -0.25) is 9.69 Å². The third-order valence-corrected chi connectivity index (χ3v) is 4.66. The minimum absolute atomic E-state index is 0.135. The number of carbonyl (C=O) groups excluding carboxylic acids is 2. The first-order valence-corrected chi connectivity index (χ1v) is 8.95. The van der Waals surface area contributed by atoms with Crippen molar-refractivity contribution in [2.45, 2.75) is 0 Å². The van der Waals surface area contributed by atoms with E-state index >= 15 is 0 Å². The molecule has 0 aliphatic heterocycles. The maximum absolute atomic E-state index is 12.9. The molecule has 0 bridgehead atoms. The van der Waals surface area contributed by atoms with Crippen LogP contribution in [0, 0.1) is 0 Å². The van der Waals surface area contributed by atoms with Gasteiger partial charge in [0.2, 0.25) is 0 Å². The van der Waals surface area contributed by atoms with Crippen molar-refractivity contribution in [1.29, 1.82) is 0 Å². The molecule has 4 aromatic rings. The Kier molecular flexibility index (Phi) is 4.78. The van der Waals surface area contributed by atoms with E-state index in [9.17, 15) is 9.59 Å². The van der Waals surface area contributed by atoms with Crippen molar-refractivity contribution in [3.8, 4) is 11.3 Å². The van der Waals surface area contributed by atoms with Gasteiger partial charge >= 0.3 is 6.09 Å². The highest BCUT2D eigenvalue weighted by Crippen LogP contribution is 2.26. The van der Waals surface area contributed by atoms with Crippen molar-refractivity contribution in [3.63, 3.8) is 0 Å². The summed E-state index contributed by atoms with van der Waals surface area (Å²) in [4.78, 5) is 30.5. The molecule has 0 aliphatic carbocycles. The van der Waals surface area contributed by atoms with Crippen LogP contribution in [0.2, 0.25) is 0 Å². The third kappa shape index (κ3) is 3.34. The lowest BCUT2D eigenvalue weighted by molar-refractivity contribution is 0.104. The van der Waals surface area contributed by atoms with E-state index in [1.165, 1.54) is 18.2 Å². The number of rotatable bonds is 4. The van der Waals surface area contributed by atoms with Crippen LogP contribution in [-0.4, -0.2) is 40.6 Å². The molecular weight excluding hydrogens is 368 g/mol. The summed E-state index contributed by atoms with van der Waals surface area (Å²) in [5, 5.41) is 4.40. The molecule has 144 valence electrons. The number of ketones is 1. The number of amides is 1. The number of hydrogen-bond donors (Lipinski definition) is 0. The molecule has 2 aromatic heterocycles. The monoisotopic (exact) mass is 386 g/mol. The highest BCUT2D eigenvalue weighted by Gasteiger charge is 2.18. The predicted octanol–water partition coefficient (Wildman–Crippen LogP) is 3.83. The molecule has 2 heterocycles. The number of anilines is 1. The maximum Gasteiger partial charge on any atom is 0.413 e. The van der Waals surface area contributed by atoms with E-state index in [1.54, 1.807) is 29.9 Å². The van der Waals surface area contributed by atoms with Crippen molar-refractivity contribution in [1.82, 2.24) is 14.6 Å². The summed E-state index contributed by atoms with van der Waals surface area (Å²) in [7, 11) is 2.97. The molecule has 1 amide bonds. The Morgan fingerprint density at radius 3 is 2.59 bits per heavy atom. The third-order valence-electron chi connectivity index (χ3n) is 4.66. The lowest BCUT2D eigenvalue weighted by Gasteiger charge is -2.16. The molecule has 0 aliphatic rings. The first kappa shape index (κ1) is 18.4. The smallest absolute Gasteiger partial charge is 0.413 e. The number of aromatic nitrogens is 3. The molecular formula is C22H18N4O3. The minimum Gasteiger partial charge on any atom is -0.452 e. The van der Waals surface area contributed by atoms with E-state index in [-0.39, 0.29) is 5.78 Å². The molecule has 29 heavy (non-hydrogen) atoms. The van der Waals surface area contributed by atoms with Gasteiger partial charge in [-0.05, 0) is 18.2 Å². The Balaban J connectivity index is 1.78. The molecule has 0 fully saturated rings. The molecule has 2 aromatic carbocycles. The van der Waals surface area contributed by atoms with E-state index < -0.39 is 6.09 Å². The van der Waals surface area contributed by atoms with Crippen LogP contribution in [0.5, 0.6) is 0 Å². The summed E-state index contributed by atoms with van der Waals surface area (Å²) in [6.07, 6.45) is 2.72. The molecule has 7 heteroatoms. The van der Waals surface area contributed by atoms with Gasteiger partial charge in [-0.1, -0.05) is 42.5 Å². The van der Waals surface area contributed by atoms with Crippen LogP contribution in [0.4, 0.5) is 10.5 Å². The summed E-state index contributed by atoms with van der Waals surface area (Å²) < 4.78 is 6.41. The van der Waals surface area contributed by atoms with E-state index in [4.69, 9.17) is 4.74 Å². The van der Waals surface area contributed by atoms with E-state index in [0.717, 1.165) is 11.3 Å². The first-order valence-electron chi connectivity index (χ1n) is 8.95. The zero-order chi connectivity index (χ0) is 20.4. The zero-order valence-corrected chi connectivity index (χ0v) is 15.9. The van der Waals surface area contributed by atoms with Crippen LogP contribution < -0.4 is 4.90 Å². The molecule has 0 radical (unpaired) electrons. The van der Waals surface area contributed by atoms with Crippen LogP contribution in [0.3, 0.4) is 0 Å². The van der Waals surface area contributed by atoms with Gasteiger partial charge in [0.1, 0.15) is 0 Å². The summed E-state index contributed by atoms with van der Waals surface area (Å²) in [6, 6.07) is 18.3. The van der Waals surface area contributed by atoms with Crippen LogP contribution in [0.1, 0.15) is 15.9 Å². The van der Waals surface area contributed by atoms with Gasteiger partial charge < -0.3 is 4.74 Å². The number of nitrogens with zero attached hydrogens (tertiary/aromatic N) is 4. The molecule has 0 saturated carbocycles. The standard InChI is InChI=1S/C22H18N4O3/c1-25(22(28)29-2)17-10-6-9-16(13-17)19-11-12-23-21-18(14-24-26(19)21)20(27)15-7-4-3-5-8-15/h3-14H,1-2H3. The highest BCUT2D eigenvalue weighted by molar-refractivity contribution is 6.12. The highest BCUT2D eigenvalue weighted by atomic mass is 16.5. The van der Waals surface area contributed by atoms with E-state index in [2.05, 4.69) is 10.1 Å². The van der Waals surface area contributed by atoms with Gasteiger partial charge in [-0.25, -0.2) is 14.3 Å². The molecule has 4 rings (SSSR count). The number of ether oxygens (including phenoxy) is 1. The minimum atomic E-state index is -0.461. The molecule has 0 spiro atoms. The molecule has 0 saturated heterocycles. The lowest BCUT2D eigenvalue weighted by Crippen LogP contribution is -2.25. The number of benzene rings is 2. The van der Waals surface area contributed by atoms with Crippen LogP contribution in [0.25, 0.3) is 16.9 Å². The summed E-state index contributed by atoms with van der Waals surface area (Å²) >= 11 is 0. The first-order chi connectivity index (χ1) is 14.1. The number of fused-ring (bicyclic) bond motifs is 1. The van der Waals surface area contributed by atoms with Gasteiger partial charge in [-0.2, -0.15) is 5.10 Å². The Morgan fingerprint density at radius 1 is 1.03 bits per heavy atom. The van der Waals surface area contributed by atoms with Crippen LogP contribution in [0.15, 0.2) is 73.1 Å². The van der Waals surface area contributed by atoms with Gasteiger partial charge in [-0.15, -0.1) is 0 Å². The second kappa shape index (κ2) is 7.55. The largest absolute Gasteiger partial charge is 0.452 e. The Hall–Kier alpha value is -4.00. The molecule has 7 nitrogen and oxygen atoms in total. The van der Waals surface area contributed by atoms with Gasteiger partial charge in [0.15, 0.2) is 11.4 Å². The average Bonchev–Trinajstić information content (AvgIpc) is 3.22. The number of carbonyl (C=O) groups is 2. The van der Waals surface area contributed by atoms with Crippen molar-refractivity contribution in [3.05, 3.63) is 84.2 Å². The lowest BCUT2D eigenvalue weighted by atomic mass is 10.1. The van der Waals surface area contributed by atoms with Gasteiger partial charge in [0.05, 0.1) is 24.6 Å². The molecule has 0 unspecified atom stereocenters. The fraction of sp³-hybridized carbons (Fsp3) is 0.0909. The second-order valence-electron chi connectivity index (χ2n) is 6.40. The Bertz CT molecular complexity index is 1200. The topological polar surface area (TPSA) is 76.8 Å². The predicted molar refractivity (Wildman–Crippen MR) is 109 cm³/mol. The summed E-state index contributed by atoms with van der Waals surface area (Å²) in [6.45, 7) is 0. The SMILES string of the molecule is COC(=O)N(C)c1cccc(-c2ccnc3c(C(=O)c4ccccc4)cnn23)c1. The van der Waals surface area contributed by atoms with Crippen molar-refractivity contribution in [2.75, 3.05) is 19.1 Å². The fourth-order valence-electron chi connectivity index (χ4n) is 3.13. The Labute approximate surface area is 167 Å². The second-order valence-corrected chi connectivity index (χ2v) is 6.40. The summed E-state index contributed by atoms with van der Waals surface area (Å²) in [5.41, 5.74) is 3.74. The Morgan fingerprint density at radius 2 is 1.83 bits per heavy atom. The van der Waals surface area contributed by atoms with Crippen molar-refractivity contribution in [2.24, 2.45) is 0 Å². The quantitative estimate of drug-likeness (QED) is 0.498.